The van der Waals surface area contributed by atoms with Crippen LogP contribution in [0.25, 0.3) is 0 Å². The summed E-state index contributed by atoms with van der Waals surface area (Å²) in [5.41, 5.74) is 5.30. The lowest BCUT2D eigenvalue weighted by atomic mass is 9.91. The molecule has 0 spiro atoms. The Bertz CT molecular complexity index is 1020. The normalized spacial score (nSPS) is 26.2. The van der Waals surface area contributed by atoms with E-state index < -0.39 is 0 Å². The zero-order valence-electron chi connectivity index (χ0n) is 18.4. The zero-order chi connectivity index (χ0) is 23.0. The number of nitrogens with zero attached hydrogens (tertiary/aromatic N) is 3. The largest absolute Gasteiger partial charge is 0.283 e. The molecule has 2 aliphatic heterocycles. The van der Waals surface area contributed by atoms with Gasteiger partial charge in [0.25, 0.3) is 5.91 Å². The topological polar surface area (TPSA) is 47.9 Å². The van der Waals surface area contributed by atoms with Gasteiger partial charge in [0.1, 0.15) is 5.71 Å². The first kappa shape index (κ1) is 23.4. The molecule has 0 aromatic heterocycles. The van der Waals surface area contributed by atoms with Gasteiger partial charge in [-0.3, -0.25) is 15.2 Å². The number of benzene rings is 2. The number of piperidine rings is 1. The Hall–Kier alpha value is -1.79. The van der Waals surface area contributed by atoms with Crippen LogP contribution < -0.4 is 10.4 Å². The van der Waals surface area contributed by atoms with Crippen molar-refractivity contribution in [2.24, 2.45) is 11.0 Å². The van der Waals surface area contributed by atoms with E-state index in [-0.39, 0.29) is 30.0 Å². The highest BCUT2D eigenvalue weighted by Gasteiger charge is 2.41. The fraction of sp³-hybridized carbons (Fsp3) is 0.417. The summed E-state index contributed by atoms with van der Waals surface area (Å²) >= 11 is 18.8. The van der Waals surface area contributed by atoms with Gasteiger partial charge in [-0.05, 0) is 62.6 Å². The number of carbonyl (C=O) groups is 1. The van der Waals surface area contributed by atoms with E-state index in [1.807, 2.05) is 42.3 Å². The lowest BCUT2D eigenvalue weighted by molar-refractivity contribution is -0.122. The first-order valence-electron chi connectivity index (χ1n) is 10.9. The molecule has 2 aromatic carbocycles. The van der Waals surface area contributed by atoms with Crippen LogP contribution in [0.4, 0.5) is 5.69 Å². The van der Waals surface area contributed by atoms with E-state index in [9.17, 15) is 4.79 Å². The minimum atomic E-state index is -0.206. The quantitative estimate of drug-likeness (QED) is 0.529. The van der Waals surface area contributed by atoms with Gasteiger partial charge in [-0.25, -0.2) is 5.01 Å². The van der Waals surface area contributed by atoms with Crippen LogP contribution in [0.5, 0.6) is 0 Å². The summed E-state index contributed by atoms with van der Waals surface area (Å²) < 4.78 is 0. The van der Waals surface area contributed by atoms with E-state index in [2.05, 4.69) is 24.3 Å². The summed E-state index contributed by atoms with van der Waals surface area (Å²) in [6, 6.07) is 13.3. The summed E-state index contributed by atoms with van der Waals surface area (Å²) in [5.74, 6) is -0.344. The number of carbonyl (C=O) groups excluding carboxylic acids is 1. The monoisotopic (exact) mass is 492 g/mol. The van der Waals surface area contributed by atoms with Gasteiger partial charge in [0, 0.05) is 28.0 Å². The van der Waals surface area contributed by atoms with Crippen molar-refractivity contribution in [3.63, 3.8) is 0 Å². The SMILES string of the molecule is CC1C(C(=O)NN2C(C)CCCC2C)=NN(c2ccc(Cl)cc2Cl)C1c1ccc(Cl)cc1. The van der Waals surface area contributed by atoms with Crippen molar-refractivity contribution in [2.45, 2.75) is 58.2 Å². The first-order chi connectivity index (χ1) is 15.3. The van der Waals surface area contributed by atoms with Gasteiger partial charge in [-0.2, -0.15) is 5.10 Å². The number of hydrogen-bond donors (Lipinski definition) is 1. The van der Waals surface area contributed by atoms with E-state index in [0.29, 0.717) is 26.5 Å². The Balaban J connectivity index is 1.69. The van der Waals surface area contributed by atoms with E-state index in [1.165, 1.54) is 6.42 Å². The number of rotatable bonds is 4. The molecule has 4 rings (SSSR count). The highest BCUT2D eigenvalue weighted by molar-refractivity contribution is 6.41. The average Bonchev–Trinajstić information content (AvgIpc) is 3.08. The number of hydrogen-bond acceptors (Lipinski definition) is 4. The van der Waals surface area contributed by atoms with Crippen LogP contribution >= 0.6 is 34.8 Å². The van der Waals surface area contributed by atoms with Crippen molar-refractivity contribution < 1.29 is 4.79 Å². The summed E-state index contributed by atoms with van der Waals surface area (Å²) in [6.45, 7) is 6.31. The number of halogens is 3. The molecular weight excluding hydrogens is 467 g/mol. The molecule has 4 atom stereocenters. The van der Waals surface area contributed by atoms with Gasteiger partial charge in [0.15, 0.2) is 0 Å². The predicted octanol–water partition coefficient (Wildman–Crippen LogP) is 6.49. The van der Waals surface area contributed by atoms with Crippen LogP contribution in [-0.4, -0.2) is 28.7 Å². The van der Waals surface area contributed by atoms with Crippen LogP contribution in [0, 0.1) is 5.92 Å². The molecule has 0 aliphatic carbocycles. The molecule has 4 unspecified atom stereocenters. The maximum Gasteiger partial charge on any atom is 0.282 e. The minimum Gasteiger partial charge on any atom is -0.283 e. The lowest BCUT2D eigenvalue weighted by Gasteiger charge is -2.38. The van der Waals surface area contributed by atoms with Gasteiger partial charge in [0.2, 0.25) is 0 Å². The molecule has 0 saturated carbocycles. The Morgan fingerprint density at radius 3 is 2.22 bits per heavy atom. The van der Waals surface area contributed by atoms with Crippen LogP contribution in [-0.2, 0) is 4.79 Å². The summed E-state index contributed by atoms with van der Waals surface area (Å²) in [6.07, 6.45) is 3.30. The van der Waals surface area contributed by atoms with Crippen LogP contribution in [0.2, 0.25) is 15.1 Å². The Kier molecular flexibility index (Phi) is 7.01. The number of hydrazone groups is 1. The Morgan fingerprint density at radius 1 is 0.969 bits per heavy atom. The van der Waals surface area contributed by atoms with Gasteiger partial charge in [-0.15, -0.1) is 0 Å². The molecular formula is C24H27Cl3N4O. The van der Waals surface area contributed by atoms with Gasteiger partial charge in [-0.1, -0.05) is 60.3 Å². The summed E-state index contributed by atoms with van der Waals surface area (Å²) in [5, 5.41) is 10.3. The fourth-order valence-corrected chi connectivity index (χ4v) is 5.28. The van der Waals surface area contributed by atoms with Gasteiger partial charge in [0.05, 0.1) is 16.8 Å². The zero-order valence-corrected chi connectivity index (χ0v) is 20.6. The van der Waals surface area contributed by atoms with Crippen molar-refractivity contribution in [3.05, 3.63) is 63.1 Å². The molecule has 2 aliphatic rings. The van der Waals surface area contributed by atoms with Crippen LogP contribution in [0.15, 0.2) is 47.6 Å². The smallest absolute Gasteiger partial charge is 0.282 e. The maximum absolute atomic E-state index is 13.4. The average molecular weight is 494 g/mol. The van der Waals surface area contributed by atoms with E-state index in [4.69, 9.17) is 39.9 Å². The number of hydrazine groups is 1. The molecule has 0 bridgehead atoms. The van der Waals surface area contributed by atoms with E-state index >= 15 is 0 Å². The maximum atomic E-state index is 13.4. The molecule has 0 radical (unpaired) electrons. The molecule has 170 valence electrons. The molecule has 1 fully saturated rings. The second-order valence-electron chi connectivity index (χ2n) is 8.69. The molecule has 32 heavy (non-hydrogen) atoms. The molecule has 2 aromatic rings. The third-order valence-corrected chi connectivity index (χ3v) is 7.20. The molecule has 2 heterocycles. The second kappa shape index (κ2) is 9.60. The lowest BCUT2D eigenvalue weighted by Crippen LogP contribution is -2.56. The highest BCUT2D eigenvalue weighted by atomic mass is 35.5. The van der Waals surface area contributed by atoms with Crippen molar-refractivity contribution in [2.75, 3.05) is 5.01 Å². The second-order valence-corrected chi connectivity index (χ2v) is 9.97. The predicted molar refractivity (Wildman–Crippen MR) is 132 cm³/mol. The van der Waals surface area contributed by atoms with Gasteiger partial charge >= 0.3 is 0 Å². The molecule has 5 nitrogen and oxygen atoms in total. The van der Waals surface area contributed by atoms with Crippen LogP contribution in [0.1, 0.15) is 51.6 Å². The van der Waals surface area contributed by atoms with Crippen molar-refractivity contribution in [1.29, 1.82) is 0 Å². The summed E-state index contributed by atoms with van der Waals surface area (Å²) in [7, 11) is 0. The van der Waals surface area contributed by atoms with E-state index in [1.54, 1.807) is 12.1 Å². The molecule has 1 amide bonds. The minimum absolute atomic E-state index is 0.168. The third kappa shape index (κ3) is 4.62. The van der Waals surface area contributed by atoms with E-state index in [0.717, 1.165) is 18.4 Å². The Morgan fingerprint density at radius 2 is 1.59 bits per heavy atom. The number of nitrogens with one attached hydrogen (secondary N) is 1. The number of anilines is 1. The standard InChI is InChI=1S/C24H27Cl3N4O/c1-14-5-4-6-15(2)30(14)29-24(32)22-16(3)23(17-7-9-18(25)10-8-17)31(28-22)21-12-11-19(26)13-20(21)27/h7-16,23H,4-6H2,1-3H3,(H,29,32). The van der Waals surface area contributed by atoms with Gasteiger partial charge < -0.3 is 0 Å². The number of amides is 1. The van der Waals surface area contributed by atoms with Crippen molar-refractivity contribution in [3.8, 4) is 0 Å². The fourth-order valence-electron chi connectivity index (χ4n) is 4.66. The van der Waals surface area contributed by atoms with Crippen molar-refractivity contribution >= 4 is 52.1 Å². The van der Waals surface area contributed by atoms with Crippen molar-refractivity contribution in [1.82, 2.24) is 10.4 Å². The molecule has 1 N–H and O–H groups in total. The highest BCUT2D eigenvalue weighted by Crippen LogP contribution is 2.42. The molecule has 8 heteroatoms. The van der Waals surface area contributed by atoms with Crippen LogP contribution in [0.3, 0.4) is 0 Å². The first-order valence-corrected chi connectivity index (χ1v) is 12.1. The summed E-state index contributed by atoms with van der Waals surface area (Å²) in [4.78, 5) is 13.4. The molecule has 1 saturated heterocycles. The third-order valence-electron chi connectivity index (χ3n) is 6.41. The Labute approximate surface area is 204 Å².